The van der Waals surface area contributed by atoms with Gasteiger partial charge in [0.2, 0.25) is 0 Å². The van der Waals surface area contributed by atoms with Crippen LogP contribution in [0.3, 0.4) is 0 Å². The van der Waals surface area contributed by atoms with Gasteiger partial charge >= 0.3 is 0 Å². The smallest absolute Gasteiger partial charge is 0.137 e. The van der Waals surface area contributed by atoms with Crippen molar-refractivity contribution in [1.29, 1.82) is 0 Å². The molecule has 0 aliphatic carbocycles. The van der Waals surface area contributed by atoms with Gasteiger partial charge < -0.3 is 19.2 Å². The molecule has 0 fully saturated rings. The normalized spacial score (nSPS) is 16.8. The summed E-state index contributed by atoms with van der Waals surface area (Å²) in [6.45, 7) is 3.22. The lowest BCUT2D eigenvalue weighted by Crippen LogP contribution is -2.13. The maximum Gasteiger partial charge on any atom is 0.137 e. The monoisotopic (exact) mass is 392 g/mol. The molecule has 3 heterocycles. The molecule has 1 aliphatic rings. The number of aromatic nitrogens is 2. The Balaban J connectivity index is 1.51. The van der Waals surface area contributed by atoms with E-state index in [0.717, 1.165) is 16.8 Å². The summed E-state index contributed by atoms with van der Waals surface area (Å²) in [4.78, 5) is 4.23. The van der Waals surface area contributed by atoms with Crippen molar-refractivity contribution in [2.24, 2.45) is 0 Å². The average Bonchev–Trinajstić information content (AvgIpc) is 3.36. The molecule has 0 spiro atoms. The van der Waals surface area contributed by atoms with Gasteiger partial charge in [0, 0.05) is 29.0 Å². The Morgan fingerprint density at radius 1 is 1.24 bits per heavy atom. The molecule has 1 aliphatic heterocycles. The molecule has 2 atom stereocenters. The summed E-state index contributed by atoms with van der Waals surface area (Å²) in [6.07, 6.45) is 2.87. The van der Waals surface area contributed by atoms with Gasteiger partial charge in [0.25, 0.3) is 0 Å². The van der Waals surface area contributed by atoms with Gasteiger partial charge in [0.15, 0.2) is 0 Å². The van der Waals surface area contributed by atoms with E-state index in [1.807, 2.05) is 35.0 Å². The molecule has 5 nitrogen and oxygen atoms in total. The lowest BCUT2D eigenvalue weighted by atomic mass is 9.95. The molecule has 148 valence electrons. The molecule has 2 aromatic heterocycles. The van der Waals surface area contributed by atoms with Crippen LogP contribution < -0.4 is 0 Å². The van der Waals surface area contributed by atoms with E-state index >= 15 is 0 Å². The number of nitrogens with zero attached hydrogens (tertiary/aromatic N) is 2. The summed E-state index contributed by atoms with van der Waals surface area (Å²) in [5.74, 6) is -0.176. The topological polar surface area (TPSA) is 71.4 Å². The lowest BCUT2D eigenvalue weighted by molar-refractivity contribution is 0.0559. The number of imidazole rings is 1. The summed E-state index contributed by atoms with van der Waals surface area (Å²) >= 11 is 0. The molecule has 29 heavy (non-hydrogen) atoms. The lowest BCUT2D eigenvalue weighted by Gasteiger charge is -2.19. The van der Waals surface area contributed by atoms with Gasteiger partial charge in [-0.25, -0.2) is 9.37 Å². The zero-order valence-corrected chi connectivity index (χ0v) is 16.1. The van der Waals surface area contributed by atoms with Crippen LogP contribution in [0, 0.1) is 5.82 Å². The van der Waals surface area contributed by atoms with E-state index in [1.165, 1.54) is 6.07 Å². The van der Waals surface area contributed by atoms with Crippen LogP contribution in [0.25, 0.3) is 22.2 Å². The Hall–Kier alpha value is -2.96. The molecule has 2 N–H and O–H groups in total. The highest BCUT2D eigenvalue weighted by molar-refractivity contribution is 5.79. The predicted molar refractivity (Wildman–Crippen MR) is 107 cm³/mol. The average molecular weight is 392 g/mol. The summed E-state index contributed by atoms with van der Waals surface area (Å²) < 4.78 is 22.4. The molecule has 5 rings (SSSR count). The van der Waals surface area contributed by atoms with Crippen LogP contribution in [0.2, 0.25) is 0 Å². The molecule has 0 saturated carbocycles. The van der Waals surface area contributed by atoms with E-state index < -0.39 is 17.5 Å². The van der Waals surface area contributed by atoms with Crippen molar-refractivity contribution in [3.63, 3.8) is 0 Å². The molecule has 0 saturated heterocycles. The molecule has 6 heteroatoms. The Morgan fingerprint density at radius 2 is 2.03 bits per heavy atom. The standard InChI is InChI=1S/C23H21FN2O3/c1-23(2,28)22-8-13-7-16(17(24)9-21(13)29-22)20(27)10-18-14-5-3-4-6-15(14)19-11-25-12-26(18)19/h3-9,11-12,18,20,27-28H,10H2,1-2H3/t18-,20+/m0/s1. The minimum Gasteiger partial charge on any atom is -0.458 e. The van der Waals surface area contributed by atoms with Crippen LogP contribution in [0.5, 0.6) is 0 Å². The van der Waals surface area contributed by atoms with Crippen LogP contribution in [0.1, 0.15) is 49.3 Å². The first-order valence-corrected chi connectivity index (χ1v) is 9.58. The van der Waals surface area contributed by atoms with Gasteiger partial charge in [0.1, 0.15) is 22.8 Å². The summed E-state index contributed by atoms with van der Waals surface area (Å²) in [7, 11) is 0. The molecular formula is C23H21FN2O3. The SMILES string of the molecule is CC(C)(O)c1cc2cc([C@H](O)C[C@H]3c4ccccc4-c4cncn43)c(F)cc2o1. The van der Waals surface area contributed by atoms with E-state index in [1.54, 1.807) is 32.3 Å². The molecule has 0 radical (unpaired) electrons. The third-order valence-electron chi connectivity index (χ3n) is 5.64. The van der Waals surface area contributed by atoms with Crippen molar-refractivity contribution in [1.82, 2.24) is 9.55 Å². The molecule has 0 amide bonds. The Labute approximate surface area is 167 Å². The Morgan fingerprint density at radius 3 is 2.83 bits per heavy atom. The Bertz CT molecular complexity index is 1220. The summed E-state index contributed by atoms with van der Waals surface area (Å²) in [6, 6.07) is 12.4. The maximum absolute atomic E-state index is 14.8. The highest BCUT2D eigenvalue weighted by atomic mass is 19.1. The molecule has 4 aromatic rings. The van der Waals surface area contributed by atoms with Crippen molar-refractivity contribution in [3.8, 4) is 11.3 Å². The maximum atomic E-state index is 14.8. The zero-order valence-electron chi connectivity index (χ0n) is 16.1. The number of hydrogen-bond donors (Lipinski definition) is 2. The van der Waals surface area contributed by atoms with Gasteiger partial charge in [0.05, 0.1) is 30.4 Å². The van der Waals surface area contributed by atoms with Crippen LogP contribution in [0.15, 0.2) is 59.4 Å². The van der Waals surface area contributed by atoms with Crippen LogP contribution in [-0.4, -0.2) is 19.8 Å². The first-order chi connectivity index (χ1) is 13.8. The summed E-state index contributed by atoms with van der Waals surface area (Å²) in [5, 5.41) is 21.7. The summed E-state index contributed by atoms with van der Waals surface area (Å²) in [5.41, 5.74) is 2.57. The fraction of sp³-hybridized carbons (Fsp3) is 0.261. The second kappa shape index (κ2) is 6.27. The van der Waals surface area contributed by atoms with Crippen molar-refractivity contribution in [2.75, 3.05) is 0 Å². The number of rotatable bonds is 4. The number of furan rings is 1. The van der Waals surface area contributed by atoms with Gasteiger partial charge in [-0.05, 0) is 31.5 Å². The van der Waals surface area contributed by atoms with Crippen LogP contribution in [-0.2, 0) is 5.60 Å². The second-order valence-electron chi connectivity index (χ2n) is 8.12. The van der Waals surface area contributed by atoms with Crippen LogP contribution >= 0.6 is 0 Å². The highest BCUT2D eigenvalue weighted by Gasteiger charge is 2.31. The van der Waals surface area contributed by atoms with Gasteiger partial charge in [-0.1, -0.05) is 24.3 Å². The highest BCUT2D eigenvalue weighted by Crippen LogP contribution is 2.43. The van der Waals surface area contributed by atoms with Gasteiger partial charge in [-0.2, -0.15) is 0 Å². The number of hydrogen-bond acceptors (Lipinski definition) is 4. The molecule has 2 aromatic carbocycles. The largest absolute Gasteiger partial charge is 0.458 e. The number of benzene rings is 2. The quantitative estimate of drug-likeness (QED) is 0.529. The Kier molecular flexibility index (Phi) is 3.91. The third kappa shape index (κ3) is 2.87. The third-order valence-corrected chi connectivity index (χ3v) is 5.64. The minimum absolute atomic E-state index is 0.120. The van der Waals surface area contributed by atoms with Crippen molar-refractivity contribution in [2.45, 2.75) is 38.0 Å². The molecule has 0 bridgehead atoms. The van der Waals surface area contributed by atoms with Crippen molar-refractivity contribution < 1.29 is 19.0 Å². The fourth-order valence-corrected chi connectivity index (χ4v) is 4.15. The van der Waals surface area contributed by atoms with E-state index in [4.69, 9.17) is 4.42 Å². The number of halogens is 1. The number of aliphatic hydroxyl groups excluding tert-OH is 1. The van der Waals surface area contributed by atoms with E-state index in [-0.39, 0.29) is 11.6 Å². The fourth-order valence-electron chi connectivity index (χ4n) is 4.15. The predicted octanol–water partition coefficient (Wildman–Crippen LogP) is 4.69. The first kappa shape index (κ1) is 18.1. The van der Waals surface area contributed by atoms with E-state index in [2.05, 4.69) is 4.98 Å². The molecular weight excluding hydrogens is 371 g/mol. The van der Waals surface area contributed by atoms with Gasteiger partial charge in [-0.3, -0.25) is 0 Å². The van der Waals surface area contributed by atoms with Crippen molar-refractivity contribution in [3.05, 3.63) is 77.7 Å². The minimum atomic E-state index is -1.17. The second-order valence-corrected chi connectivity index (χ2v) is 8.12. The van der Waals surface area contributed by atoms with E-state index in [0.29, 0.717) is 23.2 Å². The first-order valence-electron chi connectivity index (χ1n) is 9.58. The molecule has 0 unspecified atom stereocenters. The zero-order chi connectivity index (χ0) is 20.3. The van der Waals surface area contributed by atoms with Gasteiger partial charge in [-0.15, -0.1) is 0 Å². The number of aliphatic hydroxyl groups is 2. The van der Waals surface area contributed by atoms with E-state index in [9.17, 15) is 14.6 Å². The number of fused-ring (bicyclic) bond motifs is 4. The van der Waals surface area contributed by atoms with Crippen molar-refractivity contribution >= 4 is 11.0 Å². The van der Waals surface area contributed by atoms with Crippen LogP contribution in [0.4, 0.5) is 4.39 Å².